The zero-order chi connectivity index (χ0) is 22.3. The van der Waals surface area contributed by atoms with Crippen LogP contribution in [0.2, 0.25) is 10.0 Å². The van der Waals surface area contributed by atoms with Crippen LogP contribution in [0.1, 0.15) is 11.1 Å². The van der Waals surface area contributed by atoms with Gasteiger partial charge in [0.2, 0.25) is 0 Å². The summed E-state index contributed by atoms with van der Waals surface area (Å²) in [5, 5.41) is 4.25. The van der Waals surface area contributed by atoms with Crippen molar-refractivity contribution >= 4 is 28.9 Å². The van der Waals surface area contributed by atoms with Gasteiger partial charge in [0, 0.05) is 22.8 Å². The number of hydrogen-bond acceptors (Lipinski definition) is 3. The molecule has 6 heteroatoms. The molecule has 0 bridgehead atoms. The molecule has 0 heterocycles. The van der Waals surface area contributed by atoms with Gasteiger partial charge in [-0.05, 0) is 66.2 Å². The smallest absolute Gasteiger partial charge is 0.143 e. The largest absolute Gasteiger partial charge is 0.487 e. The van der Waals surface area contributed by atoms with Crippen molar-refractivity contribution in [2.75, 3.05) is 5.32 Å². The maximum absolute atomic E-state index is 13.4. The summed E-state index contributed by atoms with van der Waals surface area (Å²) in [5.74, 6) is 1.72. The first-order valence-corrected chi connectivity index (χ1v) is 10.7. The molecule has 4 rings (SSSR count). The minimum atomic E-state index is -0.310. The number of anilines is 1. The molecule has 0 atom stereocenters. The Hall–Kier alpha value is -3.21. The number of ether oxygens (including phenoxy) is 2. The Bertz CT molecular complexity index is 1180. The highest BCUT2D eigenvalue weighted by Gasteiger charge is 2.12. The van der Waals surface area contributed by atoms with Crippen LogP contribution < -0.4 is 14.8 Å². The summed E-state index contributed by atoms with van der Waals surface area (Å²) in [6, 6.07) is 26.9. The van der Waals surface area contributed by atoms with E-state index in [2.05, 4.69) is 5.32 Å². The lowest BCUT2D eigenvalue weighted by atomic mass is 10.2. The van der Waals surface area contributed by atoms with Gasteiger partial charge in [0.25, 0.3) is 0 Å². The summed E-state index contributed by atoms with van der Waals surface area (Å²) in [7, 11) is 0. The number of benzene rings is 4. The van der Waals surface area contributed by atoms with E-state index in [0.29, 0.717) is 27.9 Å². The summed E-state index contributed by atoms with van der Waals surface area (Å²) >= 11 is 12.6. The zero-order valence-corrected chi connectivity index (χ0v) is 18.5. The van der Waals surface area contributed by atoms with E-state index < -0.39 is 0 Å². The topological polar surface area (TPSA) is 30.5 Å². The van der Waals surface area contributed by atoms with Crippen LogP contribution in [-0.4, -0.2) is 0 Å². The molecule has 0 saturated heterocycles. The fraction of sp³-hybridized carbons (Fsp3) is 0.0769. The van der Waals surface area contributed by atoms with E-state index in [1.807, 2.05) is 54.6 Å². The van der Waals surface area contributed by atoms with Gasteiger partial charge in [0.15, 0.2) is 0 Å². The molecular weight excluding hydrogens is 448 g/mol. The van der Waals surface area contributed by atoms with E-state index in [4.69, 9.17) is 32.7 Å². The first kappa shape index (κ1) is 22.0. The van der Waals surface area contributed by atoms with Gasteiger partial charge in [-0.25, -0.2) is 4.39 Å². The second-order valence-corrected chi connectivity index (χ2v) is 7.93. The Morgan fingerprint density at radius 2 is 1.53 bits per heavy atom. The van der Waals surface area contributed by atoms with Crippen molar-refractivity contribution in [2.45, 2.75) is 13.2 Å². The molecule has 162 valence electrons. The molecule has 0 amide bonds. The van der Waals surface area contributed by atoms with Gasteiger partial charge >= 0.3 is 0 Å². The number of nitrogens with one attached hydrogen (secondary N) is 1. The standard InChI is InChI=1S/C26H20Cl2FNO2/c27-20-14-19(26(25(28)15-20)31-17-18-5-4-6-21(29)13-18)16-30-22-9-11-24(12-10-22)32-23-7-2-1-3-8-23/h1-15,30H,16-17H2. The van der Waals surface area contributed by atoms with E-state index in [0.717, 1.165) is 22.7 Å². The molecule has 0 aliphatic rings. The van der Waals surface area contributed by atoms with Crippen LogP contribution in [0.4, 0.5) is 10.1 Å². The number of rotatable bonds is 8. The summed E-state index contributed by atoms with van der Waals surface area (Å²) in [6.45, 7) is 0.634. The van der Waals surface area contributed by atoms with Gasteiger partial charge in [-0.1, -0.05) is 53.5 Å². The first-order valence-electron chi connectivity index (χ1n) is 9.99. The molecular formula is C26H20Cl2FNO2. The molecule has 0 spiro atoms. The number of para-hydroxylation sites is 1. The molecule has 4 aromatic rings. The Morgan fingerprint density at radius 1 is 0.781 bits per heavy atom. The average Bonchev–Trinajstić information content (AvgIpc) is 2.78. The summed E-state index contributed by atoms with van der Waals surface area (Å²) in [5.41, 5.74) is 2.41. The van der Waals surface area contributed by atoms with Crippen LogP contribution in [0.5, 0.6) is 17.2 Å². The van der Waals surface area contributed by atoms with Crippen LogP contribution in [-0.2, 0) is 13.2 Å². The molecule has 0 radical (unpaired) electrons. The van der Waals surface area contributed by atoms with Crippen LogP contribution in [0.15, 0.2) is 91.0 Å². The normalized spacial score (nSPS) is 10.6. The Labute approximate surface area is 196 Å². The third-order valence-electron chi connectivity index (χ3n) is 4.67. The quantitative estimate of drug-likeness (QED) is 0.283. The molecule has 0 aromatic heterocycles. The second-order valence-electron chi connectivity index (χ2n) is 7.09. The molecule has 4 aromatic carbocycles. The lowest BCUT2D eigenvalue weighted by Gasteiger charge is -2.15. The minimum Gasteiger partial charge on any atom is -0.487 e. The molecule has 3 nitrogen and oxygen atoms in total. The van der Waals surface area contributed by atoms with Gasteiger partial charge < -0.3 is 14.8 Å². The van der Waals surface area contributed by atoms with E-state index in [1.165, 1.54) is 12.1 Å². The maximum atomic E-state index is 13.4. The van der Waals surface area contributed by atoms with Gasteiger partial charge in [-0.2, -0.15) is 0 Å². The van der Waals surface area contributed by atoms with E-state index in [1.54, 1.807) is 24.3 Å². The van der Waals surface area contributed by atoms with Gasteiger partial charge in [0.05, 0.1) is 5.02 Å². The summed E-state index contributed by atoms with van der Waals surface area (Å²) < 4.78 is 25.2. The molecule has 0 unspecified atom stereocenters. The third-order valence-corrected chi connectivity index (χ3v) is 5.17. The van der Waals surface area contributed by atoms with Crippen molar-refractivity contribution in [3.63, 3.8) is 0 Å². The van der Waals surface area contributed by atoms with Crippen LogP contribution in [0.25, 0.3) is 0 Å². The predicted octanol–water partition coefficient (Wildman–Crippen LogP) is 8.12. The molecule has 0 aliphatic heterocycles. The number of hydrogen-bond donors (Lipinski definition) is 1. The van der Waals surface area contributed by atoms with Gasteiger partial charge in [-0.3, -0.25) is 0 Å². The summed E-state index contributed by atoms with van der Waals surface area (Å²) in [4.78, 5) is 0. The predicted molar refractivity (Wildman–Crippen MR) is 127 cm³/mol. The van der Waals surface area contributed by atoms with E-state index in [9.17, 15) is 4.39 Å². The van der Waals surface area contributed by atoms with Crippen LogP contribution in [0.3, 0.4) is 0 Å². The van der Waals surface area contributed by atoms with Crippen molar-refractivity contribution in [3.05, 3.63) is 118 Å². The van der Waals surface area contributed by atoms with Crippen molar-refractivity contribution in [1.82, 2.24) is 0 Å². The Morgan fingerprint density at radius 3 is 2.28 bits per heavy atom. The fourth-order valence-corrected chi connectivity index (χ4v) is 3.74. The van der Waals surface area contributed by atoms with Crippen molar-refractivity contribution in [2.24, 2.45) is 0 Å². The minimum absolute atomic E-state index is 0.192. The highest BCUT2D eigenvalue weighted by molar-refractivity contribution is 6.35. The monoisotopic (exact) mass is 467 g/mol. The number of halogens is 3. The lowest BCUT2D eigenvalue weighted by molar-refractivity contribution is 0.303. The SMILES string of the molecule is Fc1cccc(COc2c(Cl)cc(Cl)cc2CNc2ccc(Oc3ccccc3)cc2)c1. The second kappa shape index (κ2) is 10.4. The van der Waals surface area contributed by atoms with E-state index >= 15 is 0 Å². The van der Waals surface area contributed by atoms with Gasteiger partial charge in [0.1, 0.15) is 29.7 Å². The van der Waals surface area contributed by atoms with Crippen molar-refractivity contribution in [3.8, 4) is 17.2 Å². The first-order chi connectivity index (χ1) is 15.6. The summed E-state index contributed by atoms with van der Waals surface area (Å²) in [6.07, 6.45) is 0. The molecule has 0 fully saturated rings. The van der Waals surface area contributed by atoms with Crippen LogP contribution in [0, 0.1) is 5.82 Å². The third kappa shape index (κ3) is 5.94. The van der Waals surface area contributed by atoms with Crippen LogP contribution >= 0.6 is 23.2 Å². The molecule has 32 heavy (non-hydrogen) atoms. The van der Waals surface area contributed by atoms with E-state index in [-0.39, 0.29) is 12.4 Å². The molecule has 0 saturated carbocycles. The average molecular weight is 468 g/mol. The van der Waals surface area contributed by atoms with Crippen molar-refractivity contribution < 1.29 is 13.9 Å². The lowest BCUT2D eigenvalue weighted by Crippen LogP contribution is -2.04. The molecule has 1 N–H and O–H groups in total. The Kier molecular flexibility index (Phi) is 7.15. The highest BCUT2D eigenvalue weighted by atomic mass is 35.5. The van der Waals surface area contributed by atoms with Gasteiger partial charge in [-0.15, -0.1) is 0 Å². The maximum Gasteiger partial charge on any atom is 0.143 e. The molecule has 0 aliphatic carbocycles. The Balaban J connectivity index is 1.43. The fourth-order valence-electron chi connectivity index (χ4n) is 3.15. The highest BCUT2D eigenvalue weighted by Crippen LogP contribution is 2.34. The zero-order valence-electron chi connectivity index (χ0n) is 17.0. The van der Waals surface area contributed by atoms with Crippen molar-refractivity contribution in [1.29, 1.82) is 0 Å².